The molecule has 0 aliphatic carbocycles. The quantitative estimate of drug-likeness (QED) is 0.720. The third-order valence-corrected chi connectivity index (χ3v) is 2.24. The lowest BCUT2D eigenvalue weighted by atomic mass is 10.5. The summed E-state index contributed by atoms with van der Waals surface area (Å²) in [6.45, 7) is 0. The molecule has 0 aliphatic rings. The number of nitrogens with zero attached hydrogens (tertiary/aromatic N) is 3. The second-order valence-corrected chi connectivity index (χ2v) is 3.08. The van der Waals surface area contributed by atoms with Gasteiger partial charge in [0.05, 0.1) is 11.7 Å². The highest BCUT2D eigenvalue weighted by Gasteiger charge is 2.06. The number of hydrogen-bond donors (Lipinski definition) is 1. The minimum Gasteiger partial charge on any atom is -0.265 e. The molecule has 11 heavy (non-hydrogen) atoms. The van der Waals surface area contributed by atoms with Gasteiger partial charge in [-0.25, -0.2) is 5.10 Å². The Hall–Kier alpha value is -0.820. The van der Waals surface area contributed by atoms with E-state index in [2.05, 4.69) is 34.9 Å². The van der Waals surface area contributed by atoms with Crippen LogP contribution in [0.25, 0.3) is 11.0 Å². The largest absolute Gasteiger partial charge is 0.293 e. The van der Waals surface area contributed by atoms with Crippen molar-refractivity contribution >= 4 is 38.7 Å². The fourth-order valence-corrected chi connectivity index (χ4v) is 1.71. The van der Waals surface area contributed by atoms with Crippen LogP contribution in [0.5, 0.6) is 0 Å². The summed E-state index contributed by atoms with van der Waals surface area (Å²) in [7, 11) is 0. The highest BCUT2D eigenvalue weighted by molar-refractivity contribution is 9.10. The van der Waals surface area contributed by atoms with Crippen LogP contribution in [0, 0.1) is 0 Å². The summed E-state index contributed by atoms with van der Waals surface area (Å²) >= 11 is 4.12. The van der Waals surface area contributed by atoms with Gasteiger partial charge in [-0.1, -0.05) is 0 Å². The summed E-state index contributed by atoms with van der Waals surface area (Å²) < 4.78 is 8.19. The molecule has 0 bridgehead atoms. The number of H-pyrrole nitrogens is 1. The molecule has 2 rings (SSSR count). The molecular formula is C4HBrN4OS. The number of rotatable bonds is 0. The van der Waals surface area contributed by atoms with E-state index < -0.39 is 0 Å². The number of fused-ring (bicyclic) bond motifs is 1. The smallest absolute Gasteiger partial charge is 0.265 e. The highest BCUT2D eigenvalue weighted by atomic mass is 79.9. The number of aromatic amines is 1. The van der Waals surface area contributed by atoms with Crippen LogP contribution in [0.3, 0.4) is 0 Å². The van der Waals surface area contributed by atoms with E-state index in [1.807, 2.05) is 0 Å². The van der Waals surface area contributed by atoms with E-state index in [4.69, 9.17) is 0 Å². The fourth-order valence-electron chi connectivity index (χ4n) is 0.679. The van der Waals surface area contributed by atoms with Gasteiger partial charge < -0.3 is 0 Å². The number of aromatic nitrogens is 4. The predicted octanol–water partition coefficient (Wildman–Crippen LogP) is 0.537. The SMILES string of the molecule is O=c1[nH]nc(Br)c2nsnc12. The first-order valence-corrected chi connectivity index (χ1v) is 4.18. The molecule has 0 saturated heterocycles. The summed E-state index contributed by atoms with van der Waals surface area (Å²) in [5.41, 5.74) is 0.535. The van der Waals surface area contributed by atoms with Crippen LogP contribution in [0.2, 0.25) is 0 Å². The zero-order valence-electron chi connectivity index (χ0n) is 5.04. The molecule has 0 atom stereocenters. The first kappa shape index (κ1) is 6.86. The topological polar surface area (TPSA) is 71.5 Å². The second kappa shape index (κ2) is 2.35. The minimum atomic E-state index is -0.308. The zero-order valence-corrected chi connectivity index (χ0v) is 7.44. The maximum absolute atomic E-state index is 11.0. The van der Waals surface area contributed by atoms with Crippen molar-refractivity contribution < 1.29 is 0 Å². The lowest BCUT2D eigenvalue weighted by Gasteiger charge is -1.86. The van der Waals surface area contributed by atoms with Crippen LogP contribution >= 0.6 is 27.7 Å². The van der Waals surface area contributed by atoms with E-state index in [9.17, 15) is 4.79 Å². The van der Waals surface area contributed by atoms with Gasteiger partial charge >= 0.3 is 0 Å². The highest BCUT2D eigenvalue weighted by Crippen LogP contribution is 2.14. The van der Waals surface area contributed by atoms with E-state index in [1.165, 1.54) is 0 Å². The van der Waals surface area contributed by atoms with Gasteiger partial charge in [0.15, 0.2) is 10.1 Å². The second-order valence-electron chi connectivity index (χ2n) is 1.80. The van der Waals surface area contributed by atoms with Crippen molar-refractivity contribution in [3.05, 3.63) is 15.0 Å². The molecule has 0 spiro atoms. The molecule has 7 heteroatoms. The zero-order chi connectivity index (χ0) is 7.84. The first-order valence-electron chi connectivity index (χ1n) is 2.65. The van der Waals surface area contributed by atoms with Gasteiger partial charge in [0.1, 0.15) is 5.52 Å². The van der Waals surface area contributed by atoms with Crippen LogP contribution in [-0.2, 0) is 0 Å². The molecular weight excluding hydrogens is 232 g/mol. The predicted molar refractivity (Wildman–Crippen MR) is 43.5 cm³/mol. The molecule has 0 aromatic carbocycles. The van der Waals surface area contributed by atoms with Gasteiger partial charge in [-0.05, 0) is 15.9 Å². The summed E-state index contributed by atoms with van der Waals surface area (Å²) in [5, 5.41) is 5.94. The Bertz CT molecular complexity index is 449. The molecule has 0 amide bonds. The van der Waals surface area contributed by atoms with Crippen LogP contribution in [0.15, 0.2) is 9.40 Å². The Morgan fingerprint density at radius 3 is 2.82 bits per heavy atom. The molecule has 2 heterocycles. The number of halogens is 1. The van der Waals surface area contributed by atoms with Crippen molar-refractivity contribution in [3.63, 3.8) is 0 Å². The maximum Gasteiger partial charge on any atom is 0.293 e. The lowest BCUT2D eigenvalue weighted by Crippen LogP contribution is -2.08. The summed E-state index contributed by atoms with van der Waals surface area (Å²) in [5.74, 6) is 0. The average Bonchev–Trinajstić information content (AvgIpc) is 2.45. The maximum atomic E-state index is 11.0. The van der Waals surface area contributed by atoms with Gasteiger partial charge in [0.25, 0.3) is 5.56 Å². The molecule has 0 radical (unpaired) electrons. The standard InChI is InChI=1S/C4HBrN4OS/c5-3-1-2(9-11-8-1)4(10)7-6-3/h(H,7,10). The molecule has 0 unspecified atom stereocenters. The van der Waals surface area contributed by atoms with Crippen molar-refractivity contribution in [2.24, 2.45) is 0 Å². The lowest BCUT2D eigenvalue weighted by molar-refractivity contribution is 0.984. The Labute approximate surface area is 72.9 Å². The molecule has 0 fully saturated rings. The fraction of sp³-hybridized carbons (Fsp3) is 0. The Kier molecular flexibility index (Phi) is 1.46. The van der Waals surface area contributed by atoms with Crippen LogP contribution in [0.1, 0.15) is 0 Å². The van der Waals surface area contributed by atoms with E-state index in [-0.39, 0.29) is 5.56 Å². The number of nitrogens with one attached hydrogen (secondary N) is 1. The van der Waals surface area contributed by atoms with Crippen LogP contribution in [-0.4, -0.2) is 18.9 Å². The third-order valence-electron chi connectivity index (χ3n) is 1.15. The molecule has 2 aromatic rings. The van der Waals surface area contributed by atoms with E-state index in [1.54, 1.807) is 0 Å². The van der Waals surface area contributed by atoms with Gasteiger partial charge in [0, 0.05) is 0 Å². The first-order chi connectivity index (χ1) is 5.29. The van der Waals surface area contributed by atoms with E-state index in [0.29, 0.717) is 15.6 Å². The molecule has 5 nitrogen and oxygen atoms in total. The Morgan fingerprint density at radius 2 is 2.09 bits per heavy atom. The van der Waals surface area contributed by atoms with Crippen LogP contribution in [0.4, 0.5) is 0 Å². The van der Waals surface area contributed by atoms with Gasteiger partial charge in [-0.2, -0.15) is 13.8 Å². The van der Waals surface area contributed by atoms with Crippen molar-refractivity contribution in [2.75, 3.05) is 0 Å². The van der Waals surface area contributed by atoms with Crippen LogP contribution < -0.4 is 5.56 Å². The Balaban J connectivity index is 3.08. The van der Waals surface area contributed by atoms with Gasteiger partial charge in [0.2, 0.25) is 0 Å². The normalized spacial score (nSPS) is 10.6. The summed E-state index contributed by atoms with van der Waals surface area (Å²) in [6.07, 6.45) is 0. The van der Waals surface area contributed by atoms with Crippen molar-refractivity contribution in [1.82, 2.24) is 18.9 Å². The summed E-state index contributed by atoms with van der Waals surface area (Å²) in [4.78, 5) is 11.0. The monoisotopic (exact) mass is 232 g/mol. The number of hydrogen-bond acceptors (Lipinski definition) is 5. The molecule has 2 aromatic heterocycles. The van der Waals surface area contributed by atoms with E-state index >= 15 is 0 Å². The summed E-state index contributed by atoms with van der Waals surface area (Å²) in [6, 6.07) is 0. The average molecular weight is 233 g/mol. The van der Waals surface area contributed by atoms with Crippen molar-refractivity contribution in [3.8, 4) is 0 Å². The molecule has 0 saturated carbocycles. The van der Waals surface area contributed by atoms with E-state index in [0.717, 1.165) is 11.7 Å². The Morgan fingerprint density at radius 1 is 1.36 bits per heavy atom. The van der Waals surface area contributed by atoms with Gasteiger partial charge in [-0.3, -0.25) is 4.79 Å². The third kappa shape index (κ3) is 0.962. The molecule has 0 aliphatic heterocycles. The van der Waals surface area contributed by atoms with Gasteiger partial charge in [-0.15, -0.1) is 0 Å². The molecule has 1 N–H and O–H groups in total. The minimum absolute atomic E-state index is 0.308. The van der Waals surface area contributed by atoms with Crippen molar-refractivity contribution in [2.45, 2.75) is 0 Å². The molecule has 56 valence electrons. The van der Waals surface area contributed by atoms with Crippen molar-refractivity contribution in [1.29, 1.82) is 0 Å².